The number of carboxylic acids is 1. The Labute approximate surface area is 222 Å². The molecule has 0 radical (unpaired) electrons. The standard InChI is InChI=1S/C18H16I4N2O5/c1-7(23)17(26)24-14(18(27)28)4-8-2-12(21)16(13(22)3-8)29-9-5-10(19)15(25)11(20)6-9/h2-3,5-7,14,25H,4,23H2,1H3,(H,24,26)(H,27,28)/t7-,14-/m0/s1. The van der Waals surface area contributed by atoms with Crippen molar-refractivity contribution in [3.05, 3.63) is 44.1 Å². The second-order valence-corrected chi connectivity index (χ2v) is 10.8. The van der Waals surface area contributed by atoms with E-state index in [9.17, 15) is 19.8 Å². The first kappa shape index (κ1) is 25.1. The molecule has 0 unspecified atom stereocenters. The fraction of sp³-hybridized carbons (Fsp3) is 0.222. The van der Waals surface area contributed by atoms with Crippen LogP contribution in [0.4, 0.5) is 0 Å². The fourth-order valence-corrected chi connectivity index (χ4v) is 6.11. The van der Waals surface area contributed by atoms with Gasteiger partial charge in [-0.25, -0.2) is 4.79 Å². The average Bonchev–Trinajstić information content (AvgIpc) is 2.61. The predicted octanol–water partition coefficient (Wildman–Crippen LogP) is 4.06. The van der Waals surface area contributed by atoms with Crippen molar-refractivity contribution in [1.82, 2.24) is 5.32 Å². The molecule has 0 saturated heterocycles. The van der Waals surface area contributed by atoms with Crippen LogP contribution in [0.2, 0.25) is 0 Å². The van der Waals surface area contributed by atoms with Gasteiger partial charge < -0.3 is 26.0 Å². The second-order valence-electron chi connectivity index (χ2n) is 6.12. The maximum absolute atomic E-state index is 11.8. The molecular weight excluding hydrogens is 832 g/mol. The summed E-state index contributed by atoms with van der Waals surface area (Å²) in [6, 6.07) is 5.26. The minimum Gasteiger partial charge on any atom is -0.506 e. The Morgan fingerprint density at radius 1 is 1.07 bits per heavy atom. The lowest BCUT2D eigenvalue weighted by Crippen LogP contribution is -2.48. The predicted molar refractivity (Wildman–Crippen MR) is 142 cm³/mol. The van der Waals surface area contributed by atoms with E-state index < -0.39 is 24.0 Å². The van der Waals surface area contributed by atoms with Crippen molar-refractivity contribution < 1.29 is 24.5 Å². The molecule has 0 saturated carbocycles. The number of nitrogens with two attached hydrogens (primary N) is 1. The van der Waals surface area contributed by atoms with Crippen molar-refractivity contribution in [1.29, 1.82) is 0 Å². The van der Waals surface area contributed by atoms with Crippen molar-refractivity contribution in [3.63, 3.8) is 0 Å². The molecule has 156 valence electrons. The number of aromatic hydroxyl groups is 1. The number of halogens is 4. The van der Waals surface area contributed by atoms with Crippen LogP contribution in [0.5, 0.6) is 17.2 Å². The summed E-state index contributed by atoms with van der Waals surface area (Å²) in [6.45, 7) is 1.50. The zero-order chi connectivity index (χ0) is 21.9. The summed E-state index contributed by atoms with van der Waals surface area (Å²) < 4.78 is 8.98. The van der Waals surface area contributed by atoms with E-state index in [1.807, 2.05) is 57.3 Å². The highest BCUT2D eigenvalue weighted by Gasteiger charge is 2.23. The summed E-state index contributed by atoms with van der Waals surface area (Å²) in [4.78, 5) is 23.3. The third-order valence-corrected chi connectivity index (χ3v) is 6.98. The van der Waals surface area contributed by atoms with Gasteiger partial charge in [-0.1, -0.05) is 0 Å². The van der Waals surface area contributed by atoms with Crippen LogP contribution >= 0.6 is 90.4 Å². The topological polar surface area (TPSA) is 122 Å². The average molecular weight is 848 g/mol. The zero-order valence-corrected chi connectivity index (χ0v) is 23.5. The summed E-state index contributed by atoms with van der Waals surface area (Å²) >= 11 is 8.32. The number of benzene rings is 2. The molecule has 0 bridgehead atoms. The van der Waals surface area contributed by atoms with Crippen molar-refractivity contribution in [3.8, 4) is 17.2 Å². The molecule has 11 heteroatoms. The SMILES string of the molecule is C[C@H](N)C(=O)N[C@@H](Cc1cc(I)c(Oc2cc(I)c(O)c(I)c2)c(I)c1)C(=O)O. The summed E-state index contributed by atoms with van der Waals surface area (Å²) in [5.41, 5.74) is 6.26. The molecule has 1 amide bonds. The van der Waals surface area contributed by atoms with Crippen molar-refractivity contribution in [2.45, 2.75) is 25.4 Å². The van der Waals surface area contributed by atoms with Crippen LogP contribution in [0.1, 0.15) is 12.5 Å². The Morgan fingerprint density at radius 3 is 2.03 bits per heavy atom. The Morgan fingerprint density at radius 2 is 1.59 bits per heavy atom. The Hall–Kier alpha value is -0.140. The van der Waals surface area contributed by atoms with Gasteiger partial charge in [0.15, 0.2) is 5.75 Å². The summed E-state index contributed by atoms with van der Waals surface area (Å²) in [6.07, 6.45) is 0.120. The number of hydrogen-bond acceptors (Lipinski definition) is 5. The normalized spacial score (nSPS) is 12.9. The molecule has 2 aromatic carbocycles. The minimum atomic E-state index is -1.13. The van der Waals surface area contributed by atoms with Gasteiger partial charge in [0.2, 0.25) is 5.91 Å². The molecule has 0 fully saturated rings. The van der Waals surface area contributed by atoms with Crippen molar-refractivity contribution in [2.24, 2.45) is 5.73 Å². The fourth-order valence-electron chi connectivity index (χ4n) is 2.29. The van der Waals surface area contributed by atoms with Crippen LogP contribution < -0.4 is 15.8 Å². The van der Waals surface area contributed by atoms with Gasteiger partial charge in [0.1, 0.15) is 17.5 Å². The highest BCUT2D eigenvalue weighted by atomic mass is 127. The second kappa shape index (κ2) is 10.9. The lowest BCUT2D eigenvalue weighted by molar-refractivity contribution is -0.141. The molecule has 2 atom stereocenters. The molecule has 5 N–H and O–H groups in total. The molecule has 0 aliphatic rings. The van der Waals surface area contributed by atoms with E-state index in [1.54, 1.807) is 12.1 Å². The number of phenols is 1. The first-order valence-electron chi connectivity index (χ1n) is 8.12. The third-order valence-electron chi connectivity index (χ3n) is 3.74. The first-order valence-corrected chi connectivity index (χ1v) is 12.4. The number of nitrogens with one attached hydrogen (secondary N) is 1. The number of hydrogen-bond donors (Lipinski definition) is 4. The Bertz CT molecular complexity index is 906. The molecule has 7 nitrogen and oxygen atoms in total. The maximum Gasteiger partial charge on any atom is 0.326 e. The summed E-state index contributed by atoms with van der Waals surface area (Å²) in [5, 5.41) is 21.8. The van der Waals surface area contributed by atoms with Gasteiger partial charge in [0.05, 0.1) is 20.3 Å². The van der Waals surface area contributed by atoms with Crippen LogP contribution in [-0.4, -0.2) is 34.2 Å². The molecule has 0 aromatic heterocycles. The summed E-state index contributed by atoms with van der Waals surface area (Å²) in [5.74, 6) is -0.200. The van der Waals surface area contributed by atoms with Gasteiger partial charge >= 0.3 is 5.97 Å². The number of amides is 1. The highest BCUT2D eigenvalue weighted by molar-refractivity contribution is 14.1. The maximum atomic E-state index is 11.8. The van der Waals surface area contributed by atoms with Crippen molar-refractivity contribution in [2.75, 3.05) is 0 Å². The lowest BCUT2D eigenvalue weighted by Gasteiger charge is -2.18. The molecule has 2 rings (SSSR count). The van der Waals surface area contributed by atoms with E-state index in [1.165, 1.54) is 6.92 Å². The lowest BCUT2D eigenvalue weighted by atomic mass is 10.1. The van der Waals surface area contributed by atoms with Gasteiger partial charge in [-0.05, 0) is 127 Å². The third kappa shape index (κ3) is 6.93. The number of aliphatic carboxylic acids is 1. The van der Waals surface area contributed by atoms with E-state index in [-0.39, 0.29) is 12.2 Å². The highest BCUT2D eigenvalue weighted by Crippen LogP contribution is 2.36. The smallest absolute Gasteiger partial charge is 0.326 e. The molecule has 0 aliphatic carbocycles. The van der Waals surface area contributed by atoms with E-state index in [4.69, 9.17) is 10.5 Å². The summed E-state index contributed by atoms with van der Waals surface area (Å²) in [7, 11) is 0. The van der Waals surface area contributed by atoms with E-state index in [0.29, 0.717) is 18.6 Å². The molecular formula is C18H16I4N2O5. The number of carboxylic acid groups (broad SMARTS) is 1. The van der Waals surface area contributed by atoms with Crippen LogP contribution in [0.3, 0.4) is 0 Å². The molecule has 0 spiro atoms. The van der Waals surface area contributed by atoms with Crippen LogP contribution in [-0.2, 0) is 16.0 Å². The van der Waals surface area contributed by atoms with Crippen LogP contribution in [0.25, 0.3) is 0 Å². The van der Waals surface area contributed by atoms with Crippen LogP contribution in [0, 0.1) is 14.3 Å². The number of carbonyl (C=O) groups excluding carboxylic acids is 1. The number of rotatable bonds is 7. The van der Waals surface area contributed by atoms with E-state index in [2.05, 4.69) is 50.5 Å². The van der Waals surface area contributed by atoms with E-state index in [0.717, 1.165) is 12.7 Å². The van der Waals surface area contributed by atoms with E-state index >= 15 is 0 Å². The Kier molecular flexibility index (Phi) is 9.48. The van der Waals surface area contributed by atoms with Gasteiger partial charge in [-0.2, -0.15) is 0 Å². The number of ether oxygens (including phenoxy) is 1. The van der Waals surface area contributed by atoms with Gasteiger partial charge in [0.25, 0.3) is 0 Å². The van der Waals surface area contributed by atoms with Gasteiger partial charge in [-0.15, -0.1) is 0 Å². The molecule has 29 heavy (non-hydrogen) atoms. The monoisotopic (exact) mass is 848 g/mol. The largest absolute Gasteiger partial charge is 0.506 e. The molecule has 2 aromatic rings. The van der Waals surface area contributed by atoms with Crippen LogP contribution in [0.15, 0.2) is 24.3 Å². The Balaban J connectivity index is 2.26. The van der Waals surface area contributed by atoms with Gasteiger partial charge in [0, 0.05) is 6.42 Å². The molecule has 0 heterocycles. The minimum absolute atomic E-state index is 0.120. The first-order chi connectivity index (χ1) is 13.5. The zero-order valence-electron chi connectivity index (χ0n) is 14.9. The number of phenolic OH excluding ortho intramolecular Hbond substituents is 1. The quantitative estimate of drug-likeness (QED) is 0.313. The number of carbonyl (C=O) groups is 2. The van der Waals surface area contributed by atoms with Gasteiger partial charge in [-0.3, -0.25) is 4.79 Å². The molecule has 0 aliphatic heterocycles. The van der Waals surface area contributed by atoms with Crippen molar-refractivity contribution >= 4 is 102 Å².